The normalized spacial score (nSPS) is 22.9. The van der Waals surface area contributed by atoms with Crippen LogP contribution in [0, 0.1) is 18.8 Å². The van der Waals surface area contributed by atoms with Crippen LogP contribution in [0.2, 0.25) is 0 Å². The maximum absolute atomic E-state index is 12.7. The summed E-state index contributed by atoms with van der Waals surface area (Å²) in [5, 5.41) is 17.4. The van der Waals surface area contributed by atoms with Crippen LogP contribution >= 0.6 is 11.3 Å². The van der Waals surface area contributed by atoms with E-state index < -0.39 is 24.3 Å². The second kappa shape index (κ2) is 12.2. The van der Waals surface area contributed by atoms with Gasteiger partial charge in [0.25, 0.3) is 0 Å². The Bertz CT molecular complexity index is 894. The first-order valence-electron chi connectivity index (χ1n) is 10.7. The summed E-state index contributed by atoms with van der Waals surface area (Å²) in [7, 11) is 0. The lowest BCUT2D eigenvalue weighted by Crippen LogP contribution is -2.40. The van der Waals surface area contributed by atoms with Gasteiger partial charge < -0.3 is 19.8 Å². The molecule has 0 radical (unpaired) electrons. The van der Waals surface area contributed by atoms with Gasteiger partial charge in [0.05, 0.1) is 23.2 Å². The molecule has 2 N–H and O–H groups in total. The number of hydrogen-bond donors (Lipinski definition) is 2. The van der Waals surface area contributed by atoms with Gasteiger partial charge in [0, 0.05) is 50.2 Å². The fourth-order valence-corrected chi connectivity index (χ4v) is 4.75. The highest BCUT2D eigenvalue weighted by Gasteiger charge is 2.47. The molecule has 3 fully saturated rings. The molecule has 16 heteroatoms. The van der Waals surface area contributed by atoms with Crippen molar-refractivity contribution in [2.24, 2.45) is 11.8 Å². The number of thiazole rings is 1. The van der Waals surface area contributed by atoms with Gasteiger partial charge in [-0.3, -0.25) is 9.69 Å². The van der Waals surface area contributed by atoms with Gasteiger partial charge in [0.2, 0.25) is 5.91 Å². The van der Waals surface area contributed by atoms with Crippen LogP contribution in [0.15, 0.2) is 5.38 Å². The van der Waals surface area contributed by atoms with E-state index in [4.69, 9.17) is 24.5 Å². The predicted molar refractivity (Wildman–Crippen MR) is 112 cm³/mol. The minimum absolute atomic E-state index is 0.211. The molecule has 4 rings (SSSR count). The number of alkyl halides is 6. The molecule has 2 atom stereocenters. The molecule has 0 unspecified atom stereocenters. The maximum Gasteiger partial charge on any atom is 0.490 e. The highest BCUT2D eigenvalue weighted by Crippen LogP contribution is 2.35. The van der Waals surface area contributed by atoms with Crippen LogP contribution in [0.4, 0.5) is 26.3 Å². The van der Waals surface area contributed by atoms with Crippen LogP contribution in [0.3, 0.4) is 0 Å². The van der Waals surface area contributed by atoms with E-state index in [9.17, 15) is 31.1 Å². The number of halogens is 6. The second-order valence-electron chi connectivity index (χ2n) is 8.35. The summed E-state index contributed by atoms with van der Waals surface area (Å²) in [4.78, 5) is 39.5. The molecule has 1 amide bonds. The van der Waals surface area contributed by atoms with E-state index in [0.29, 0.717) is 24.4 Å². The number of fused-ring (bicyclic) bond motifs is 1. The van der Waals surface area contributed by atoms with Crippen LogP contribution in [-0.2, 0) is 25.7 Å². The van der Waals surface area contributed by atoms with E-state index in [2.05, 4.69) is 15.3 Å². The number of rotatable bonds is 3. The number of carbonyl (C=O) groups excluding carboxylic acids is 1. The van der Waals surface area contributed by atoms with E-state index in [-0.39, 0.29) is 5.92 Å². The summed E-state index contributed by atoms with van der Waals surface area (Å²) in [5.74, 6) is -4.46. The lowest BCUT2D eigenvalue weighted by molar-refractivity contribution is -0.193. The molecule has 36 heavy (non-hydrogen) atoms. The Labute approximate surface area is 205 Å². The van der Waals surface area contributed by atoms with Gasteiger partial charge in [-0.25, -0.2) is 14.6 Å². The van der Waals surface area contributed by atoms with Gasteiger partial charge >= 0.3 is 24.3 Å². The van der Waals surface area contributed by atoms with E-state index >= 15 is 0 Å². The molecule has 1 aromatic heterocycles. The van der Waals surface area contributed by atoms with Gasteiger partial charge in [-0.15, -0.1) is 11.3 Å². The first-order chi connectivity index (χ1) is 16.6. The molecule has 0 spiro atoms. The molecule has 4 heterocycles. The number of carboxylic acid groups (broad SMARTS) is 2. The number of ether oxygens (including phenoxy) is 1. The molecule has 3 saturated heterocycles. The van der Waals surface area contributed by atoms with Crippen molar-refractivity contribution >= 4 is 29.2 Å². The summed E-state index contributed by atoms with van der Waals surface area (Å²) >= 11 is 1.66. The average Bonchev–Trinajstić information content (AvgIpc) is 3.45. The maximum atomic E-state index is 12.7. The molecule has 3 aliphatic heterocycles. The van der Waals surface area contributed by atoms with E-state index in [1.54, 1.807) is 11.3 Å². The van der Waals surface area contributed by atoms with Gasteiger partial charge in [0.15, 0.2) is 0 Å². The summed E-state index contributed by atoms with van der Waals surface area (Å²) in [6.07, 6.45) is -7.93. The van der Waals surface area contributed by atoms with E-state index in [1.165, 1.54) is 0 Å². The number of aliphatic carboxylic acids is 2. The molecular weight excluding hydrogens is 524 g/mol. The Morgan fingerprint density at radius 2 is 1.58 bits per heavy atom. The fraction of sp³-hybridized carbons (Fsp3) is 0.700. The minimum atomic E-state index is -5.08. The van der Waals surface area contributed by atoms with Crippen LogP contribution in [0.25, 0.3) is 0 Å². The summed E-state index contributed by atoms with van der Waals surface area (Å²) in [5.41, 5.74) is 1.04. The predicted octanol–water partition coefficient (Wildman–Crippen LogP) is 2.79. The number of nitrogens with zero attached hydrogens (tertiary/aromatic N) is 3. The van der Waals surface area contributed by atoms with Gasteiger partial charge in [-0.1, -0.05) is 0 Å². The van der Waals surface area contributed by atoms with Crippen molar-refractivity contribution in [3.05, 3.63) is 16.1 Å². The molecule has 0 aliphatic carbocycles. The first-order valence-corrected chi connectivity index (χ1v) is 11.6. The lowest BCUT2D eigenvalue weighted by Gasteiger charge is -2.32. The Kier molecular flexibility index (Phi) is 10.1. The molecule has 3 aliphatic rings. The Balaban J connectivity index is 0.000000271. The largest absolute Gasteiger partial charge is 0.490 e. The molecule has 9 nitrogen and oxygen atoms in total. The number of likely N-dealkylation sites (tertiary alicyclic amines) is 2. The number of aromatic nitrogens is 1. The monoisotopic (exact) mass is 549 g/mol. The SMILES string of the molecule is Cc1nc(CN2C[C@@H]3CN(C4CCOCC4)C[C@@H]3C2=O)cs1.O=C(O)C(F)(F)F.O=C(O)C(F)(F)F. The zero-order valence-electron chi connectivity index (χ0n) is 19.0. The van der Waals surface area contributed by atoms with Crippen LogP contribution in [0.1, 0.15) is 23.5 Å². The number of amides is 1. The number of carboxylic acids is 2. The molecular formula is C20H25F6N3O6S. The minimum Gasteiger partial charge on any atom is -0.475 e. The van der Waals surface area contributed by atoms with E-state index in [1.807, 2.05) is 11.8 Å². The zero-order valence-corrected chi connectivity index (χ0v) is 19.8. The Hall–Kier alpha value is -2.46. The number of hydrogen-bond acceptors (Lipinski definition) is 7. The molecule has 0 bridgehead atoms. The van der Waals surface area contributed by atoms with Crippen LogP contribution in [-0.4, -0.2) is 94.1 Å². The lowest BCUT2D eigenvalue weighted by atomic mass is 10.0. The summed E-state index contributed by atoms with van der Waals surface area (Å²) in [6, 6.07) is 0.627. The van der Waals surface area contributed by atoms with Crippen molar-refractivity contribution in [2.45, 2.75) is 44.7 Å². The van der Waals surface area contributed by atoms with Crippen molar-refractivity contribution in [1.29, 1.82) is 0 Å². The van der Waals surface area contributed by atoms with Gasteiger partial charge in [-0.2, -0.15) is 26.3 Å². The van der Waals surface area contributed by atoms with Crippen molar-refractivity contribution in [3.63, 3.8) is 0 Å². The Morgan fingerprint density at radius 1 is 1.06 bits per heavy atom. The third-order valence-corrected chi connectivity index (χ3v) is 6.59. The highest BCUT2D eigenvalue weighted by atomic mass is 32.1. The summed E-state index contributed by atoms with van der Waals surface area (Å²) < 4.78 is 68.9. The number of aryl methyl sites for hydroxylation is 1. The zero-order chi connectivity index (χ0) is 27.3. The Morgan fingerprint density at radius 3 is 2.00 bits per heavy atom. The highest BCUT2D eigenvalue weighted by molar-refractivity contribution is 7.09. The van der Waals surface area contributed by atoms with Crippen molar-refractivity contribution in [1.82, 2.24) is 14.8 Å². The van der Waals surface area contributed by atoms with Crippen molar-refractivity contribution < 1.29 is 55.7 Å². The molecule has 1 aromatic rings. The molecule has 0 aromatic carbocycles. The van der Waals surface area contributed by atoms with E-state index in [0.717, 1.165) is 56.4 Å². The van der Waals surface area contributed by atoms with Crippen LogP contribution in [0.5, 0.6) is 0 Å². The second-order valence-corrected chi connectivity index (χ2v) is 9.41. The van der Waals surface area contributed by atoms with Gasteiger partial charge in [-0.05, 0) is 19.8 Å². The number of carbonyl (C=O) groups is 3. The first kappa shape index (κ1) is 29.8. The standard InChI is InChI=1S/C16H23N3O2S.2C2HF3O2/c1-11-17-13(10-22-11)8-19-7-12-6-18(9-15(12)16(19)20)14-2-4-21-5-3-14;2*3-2(4,5)1(6)7/h10,12,14-15H,2-9H2,1H3;2*(H,6,7)/t12-,15-;;/m0../s1. The smallest absolute Gasteiger partial charge is 0.475 e. The topological polar surface area (TPSA) is 120 Å². The van der Waals surface area contributed by atoms with Crippen molar-refractivity contribution in [2.75, 3.05) is 32.8 Å². The quantitative estimate of drug-likeness (QED) is 0.553. The fourth-order valence-electron chi connectivity index (χ4n) is 4.14. The molecule has 204 valence electrons. The van der Waals surface area contributed by atoms with Crippen molar-refractivity contribution in [3.8, 4) is 0 Å². The summed E-state index contributed by atoms with van der Waals surface area (Å²) in [6.45, 7) is 7.38. The van der Waals surface area contributed by atoms with Gasteiger partial charge in [0.1, 0.15) is 0 Å². The molecule has 0 saturated carbocycles. The average molecular weight is 549 g/mol. The third-order valence-electron chi connectivity index (χ3n) is 5.76. The van der Waals surface area contributed by atoms with Crippen LogP contribution < -0.4 is 0 Å². The third kappa shape index (κ3) is 8.58.